The zero-order chi connectivity index (χ0) is 14.4. The first-order valence-corrected chi connectivity index (χ1v) is 7.60. The molecule has 6 nitrogen and oxygen atoms in total. The molecule has 0 aliphatic rings. The molecule has 0 radical (unpaired) electrons. The van der Waals surface area contributed by atoms with E-state index in [-0.39, 0.29) is 6.54 Å². The molecule has 8 heteroatoms. The number of hydrogen-bond acceptors (Lipinski definition) is 6. The Hall–Kier alpha value is -1.38. The number of nitrogens with one attached hydrogen (secondary N) is 1. The summed E-state index contributed by atoms with van der Waals surface area (Å²) in [6.07, 6.45) is 0. The Morgan fingerprint density at radius 3 is 2.85 bits per heavy atom. The molecule has 0 fully saturated rings. The smallest absolute Gasteiger partial charge is 0.240 e. The standard InChI is InChI=1S/C12H13BrN4O2S/c13-8-1-3-9(4-2-8)20-7-11-16-12(19-17-11)6-15-5-10(14)18/h1-4,15H,5-7H2,(H2,14,18). The fourth-order valence-electron chi connectivity index (χ4n) is 1.39. The summed E-state index contributed by atoms with van der Waals surface area (Å²) in [4.78, 5) is 15.9. The fourth-order valence-corrected chi connectivity index (χ4v) is 2.40. The highest BCUT2D eigenvalue weighted by Gasteiger charge is 2.07. The average Bonchev–Trinajstić information content (AvgIpc) is 2.86. The number of carbonyl (C=O) groups excluding carboxylic acids is 1. The van der Waals surface area contributed by atoms with Crippen molar-refractivity contribution in [1.82, 2.24) is 15.5 Å². The van der Waals surface area contributed by atoms with Gasteiger partial charge in [-0.15, -0.1) is 11.8 Å². The van der Waals surface area contributed by atoms with Gasteiger partial charge < -0.3 is 10.3 Å². The van der Waals surface area contributed by atoms with E-state index in [1.54, 1.807) is 11.8 Å². The van der Waals surface area contributed by atoms with E-state index in [1.807, 2.05) is 24.3 Å². The van der Waals surface area contributed by atoms with Gasteiger partial charge in [-0.3, -0.25) is 10.1 Å². The van der Waals surface area contributed by atoms with Crippen LogP contribution in [0.3, 0.4) is 0 Å². The van der Waals surface area contributed by atoms with Crippen LogP contribution in [0.25, 0.3) is 0 Å². The molecule has 0 aliphatic heterocycles. The Balaban J connectivity index is 1.80. The zero-order valence-corrected chi connectivity index (χ0v) is 12.9. The van der Waals surface area contributed by atoms with Crippen LogP contribution in [-0.4, -0.2) is 22.6 Å². The number of aromatic nitrogens is 2. The van der Waals surface area contributed by atoms with Crippen LogP contribution < -0.4 is 11.1 Å². The summed E-state index contributed by atoms with van der Waals surface area (Å²) in [5.74, 6) is 1.27. The molecule has 0 spiro atoms. The molecule has 3 N–H and O–H groups in total. The average molecular weight is 357 g/mol. The Kier molecular flexibility index (Phi) is 5.57. The Bertz CT molecular complexity index is 573. The Morgan fingerprint density at radius 2 is 2.15 bits per heavy atom. The summed E-state index contributed by atoms with van der Waals surface area (Å²) in [5.41, 5.74) is 5.01. The van der Waals surface area contributed by atoms with E-state index < -0.39 is 5.91 Å². The summed E-state index contributed by atoms with van der Waals surface area (Å²) in [6, 6.07) is 8.00. The Labute approximate surface area is 128 Å². The lowest BCUT2D eigenvalue weighted by molar-refractivity contribution is -0.117. The van der Waals surface area contributed by atoms with E-state index in [2.05, 4.69) is 31.4 Å². The van der Waals surface area contributed by atoms with Crippen LogP contribution in [0.4, 0.5) is 0 Å². The number of hydrogen-bond donors (Lipinski definition) is 2. The van der Waals surface area contributed by atoms with Gasteiger partial charge in [-0.1, -0.05) is 21.1 Å². The lowest BCUT2D eigenvalue weighted by atomic mass is 10.4. The highest BCUT2D eigenvalue weighted by molar-refractivity contribution is 9.10. The molecular formula is C12H13BrN4O2S. The van der Waals surface area contributed by atoms with Crippen molar-refractivity contribution in [3.63, 3.8) is 0 Å². The predicted octanol–water partition coefficient (Wildman–Crippen LogP) is 1.70. The summed E-state index contributed by atoms with van der Waals surface area (Å²) in [6.45, 7) is 0.421. The lowest BCUT2D eigenvalue weighted by Crippen LogP contribution is -2.28. The second kappa shape index (κ2) is 7.41. The molecule has 1 aromatic carbocycles. The molecule has 20 heavy (non-hydrogen) atoms. The zero-order valence-electron chi connectivity index (χ0n) is 10.5. The van der Waals surface area contributed by atoms with E-state index in [4.69, 9.17) is 10.3 Å². The van der Waals surface area contributed by atoms with E-state index in [9.17, 15) is 4.79 Å². The van der Waals surface area contributed by atoms with Crippen LogP contribution in [-0.2, 0) is 17.1 Å². The Morgan fingerprint density at radius 1 is 1.40 bits per heavy atom. The first-order chi connectivity index (χ1) is 9.63. The summed E-state index contributed by atoms with van der Waals surface area (Å²) in [7, 11) is 0. The third-order valence-corrected chi connectivity index (χ3v) is 3.80. The number of primary amides is 1. The van der Waals surface area contributed by atoms with Crippen LogP contribution in [0.5, 0.6) is 0 Å². The number of halogens is 1. The maximum absolute atomic E-state index is 10.6. The van der Waals surface area contributed by atoms with Crippen molar-refractivity contribution in [3.05, 3.63) is 40.5 Å². The first kappa shape index (κ1) is 15.0. The summed E-state index contributed by atoms with van der Waals surface area (Å²) in [5, 5.41) is 6.69. The van der Waals surface area contributed by atoms with Gasteiger partial charge in [0.05, 0.1) is 18.8 Å². The van der Waals surface area contributed by atoms with Crippen LogP contribution in [0, 0.1) is 0 Å². The maximum Gasteiger partial charge on any atom is 0.240 e. The largest absolute Gasteiger partial charge is 0.369 e. The molecule has 0 unspecified atom stereocenters. The topological polar surface area (TPSA) is 94.0 Å². The van der Waals surface area contributed by atoms with Gasteiger partial charge in [0, 0.05) is 9.37 Å². The van der Waals surface area contributed by atoms with Gasteiger partial charge in [-0.25, -0.2) is 0 Å². The molecule has 2 aromatic rings. The number of thioether (sulfide) groups is 1. The van der Waals surface area contributed by atoms with Crippen LogP contribution >= 0.6 is 27.7 Å². The number of carbonyl (C=O) groups is 1. The fraction of sp³-hybridized carbons (Fsp3) is 0.250. The van der Waals surface area contributed by atoms with Crippen molar-refractivity contribution >= 4 is 33.6 Å². The molecule has 1 aromatic heterocycles. The predicted molar refractivity (Wildman–Crippen MR) is 78.9 cm³/mol. The van der Waals surface area contributed by atoms with E-state index in [0.29, 0.717) is 24.0 Å². The highest BCUT2D eigenvalue weighted by atomic mass is 79.9. The van der Waals surface area contributed by atoms with E-state index in [1.165, 1.54) is 0 Å². The molecular weight excluding hydrogens is 344 g/mol. The van der Waals surface area contributed by atoms with Gasteiger partial charge in [-0.05, 0) is 24.3 Å². The van der Waals surface area contributed by atoms with Crippen molar-refractivity contribution in [1.29, 1.82) is 0 Å². The van der Waals surface area contributed by atoms with Crippen molar-refractivity contribution in [2.45, 2.75) is 17.2 Å². The minimum absolute atomic E-state index is 0.0886. The summed E-state index contributed by atoms with van der Waals surface area (Å²) >= 11 is 5.01. The highest BCUT2D eigenvalue weighted by Crippen LogP contribution is 2.23. The molecule has 1 amide bonds. The van der Waals surface area contributed by atoms with Gasteiger partial charge >= 0.3 is 0 Å². The molecule has 0 atom stereocenters. The molecule has 2 rings (SSSR count). The van der Waals surface area contributed by atoms with Gasteiger partial charge in [0.25, 0.3) is 0 Å². The molecule has 0 bridgehead atoms. The van der Waals surface area contributed by atoms with Gasteiger partial charge in [0.2, 0.25) is 11.8 Å². The minimum atomic E-state index is -0.421. The monoisotopic (exact) mass is 356 g/mol. The van der Waals surface area contributed by atoms with Crippen LogP contribution in [0.2, 0.25) is 0 Å². The minimum Gasteiger partial charge on any atom is -0.369 e. The molecule has 106 valence electrons. The maximum atomic E-state index is 10.6. The SMILES string of the molecule is NC(=O)CNCc1nc(CSc2ccc(Br)cc2)no1. The normalized spacial score (nSPS) is 10.7. The first-order valence-electron chi connectivity index (χ1n) is 5.82. The molecule has 0 aliphatic carbocycles. The number of rotatable bonds is 7. The van der Waals surface area contributed by atoms with E-state index >= 15 is 0 Å². The molecule has 0 saturated heterocycles. The van der Waals surface area contributed by atoms with Crippen molar-refractivity contribution < 1.29 is 9.32 Å². The van der Waals surface area contributed by atoms with Gasteiger partial charge in [0.1, 0.15) is 0 Å². The summed E-state index contributed by atoms with van der Waals surface area (Å²) < 4.78 is 6.10. The molecule has 1 heterocycles. The van der Waals surface area contributed by atoms with Crippen LogP contribution in [0.1, 0.15) is 11.7 Å². The lowest BCUT2D eigenvalue weighted by Gasteiger charge is -1.98. The second-order valence-electron chi connectivity index (χ2n) is 3.92. The number of nitrogens with zero attached hydrogens (tertiary/aromatic N) is 2. The quantitative estimate of drug-likeness (QED) is 0.733. The number of nitrogens with two attached hydrogens (primary N) is 1. The third-order valence-electron chi connectivity index (χ3n) is 2.27. The third kappa shape index (κ3) is 4.95. The van der Waals surface area contributed by atoms with Gasteiger partial charge in [0.15, 0.2) is 5.82 Å². The van der Waals surface area contributed by atoms with Gasteiger partial charge in [-0.2, -0.15) is 4.98 Å². The van der Waals surface area contributed by atoms with Crippen molar-refractivity contribution in [2.75, 3.05) is 6.54 Å². The second-order valence-corrected chi connectivity index (χ2v) is 5.88. The van der Waals surface area contributed by atoms with Crippen LogP contribution in [0.15, 0.2) is 38.2 Å². The molecule has 0 saturated carbocycles. The number of amides is 1. The number of benzene rings is 1. The van der Waals surface area contributed by atoms with Crippen molar-refractivity contribution in [3.8, 4) is 0 Å². The van der Waals surface area contributed by atoms with E-state index in [0.717, 1.165) is 9.37 Å². The van der Waals surface area contributed by atoms with Crippen molar-refractivity contribution in [2.24, 2.45) is 5.73 Å².